The highest BCUT2D eigenvalue weighted by molar-refractivity contribution is 7.21. The van der Waals surface area contributed by atoms with Crippen molar-refractivity contribution in [2.75, 3.05) is 12.4 Å². The van der Waals surface area contributed by atoms with Gasteiger partial charge >= 0.3 is 0 Å². The zero-order valence-electron chi connectivity index (χ0n) is 15.9. The number of aryl methyl sites for hydroxylation is 2. The summed E-state index contributed by atoms with van der Waals surface area (Å²) in [7, 11) is 1.57. The number of aromatic nitrogens is 1. The van der Waals surface area contributed by atoms with E-state index in [2.05, 4.69) is 5.32 Å². The number of rotatable bonds is 4. The number of methoxy groups -OCH3 is 1. The van der Waals surface area contributed by atoms with Gasteiger partial charge in [0.2, 0.25) is 0 Å². The quantitative estimate of drug-likeness (QED) is 0.542. The number of anilines is 1. The van der Waals surface area contributed by atoms with Gasteiger partial charge in [-0.2, -0.15) is 0 Å². The number of ether oxygens (including phenoxy) is 1. The fourth-order valence-corrected chi connectivity index (χ4v) is 4.51. The number of carbonyl (C=O) groups is 1. The zero-order valence-corrected chi connectivity index (χ0v) is 16.7. The first-order chi connectivity index (χ1) is 13.5. The van der Waals surface area contributed by atoms with Crippen LogP contribution >= 0.6 is 11.3 Å². The number of pyridine rings is 1. The molecule has 0 aliphatic carbocycles. The van der Waals surface area contributed by atoms with E-state index in [4.69, 9.17) is 4.74 Å². The number of fused-ring (bicyclic) bond motifs is 3. The lowest BCUT2D eigenvalue weighted by atomic mass is 10.1. The molecule has 2 aromatic carbocycles. The van der Waals surface area contributed by atoms with E-state index in [1.54, 1.807) is 17.7 Å². The number of hydrogen-bond donors (Lipinski definition) is 1. The molecule has 142 valence electrons. The van der Waals surface area contributed by atoms with Crippen molar-refractivity contribution in [1.82, 2.24) is 4.57 Å². The van der Waals surface area contributed by atoms with Gasteiger partial charge in [-0.3, -0.25) is 9.59 Å². The molecule has 0 radical (unpaired) electrons. The molecule has 1 amide bonds. The Bertz CT molecular complexity index is 1270. The van der Waals surface area contributed by atoms with Crippen LogP contribution in [0.15, 0.2) is 53.3 Å². The molecule has 0 aliphatic heterocycles. The number of para-hydroxylation sites is 1. The molecule has 28 heavy (non-hydrogen) atoms. The van der Waals surface area contributed by atoms with Gasteiger partial charge in [-0.25, -0.2) is 0 Å². The molecule has 0 fully saturated rings. The number of benzene rings is 2. The van der Waals surface area contributed by atoms with Gasteiger partial charge in [0.1, 0.15) is 5.75 Å². The number of amides is 1. The van der Waals surface area contributed by atoms with Crippen LogP contribution in [0.3, 0.4) is 0 Å². The molecule has 0 spiro atoms. The molecule has 4 aromatic rings. The number of carbonyl (C=O) groups excluding carboxylic acids is 1. The topological polar surface area (TPSA) is 60.3 Å². The van der Waals surface area contributed by atoms with Crippen LogP contribution in [0.4, 0.5) is 5.69 Å². The van der Waals surface area contributed by atoms with E-state index in [1.807, 2.05) is 56.3 Å². The van der Waals surface area contributed by atoms with Crippen LogP contribution in [-0.4, -0.2) is 17.6 Å². The first kappa shape index (κ1) is 18.3. The van der Waals surface area contributed by atoms with Crippen LogP contribution < -0.4 is 15.6 Å². The van der Waals surface area contributed by atoms with Crippen LogP contribution in [0.1, 0.15) is 22.2 Å². The predicted molar refractivity (Wildman–Crippen MR) is 115 cm³/mol. The lowest BCUT2D eigenvalue weighted by Gasteiger charge is -2.10. The van der Waals surface area contributed by atoms with Crippen LogP contribution in [0.5, 0.6) is 5.75 Å². The Kier molecular flexibility index (Phi) is 4.65. The first-order valence-electron chi connectivity index (χ1n) is 9.04. The van der Waals surface area contributed by atoms with E-state index in [0.717, 1.165) is 21.2 Å². The predicted octanol–water partition coefficient (Wildman–Crippen LogP) is 4.81. The second-order valence-electron chi connectivity index (χ2n) is 6.58. The summed E-state index contributed by atoms with van der Waals surface area (Å²) in [4.78, 5) is 26.3. The Morgan fingerprint density at radius 2 is 1.93 bits per heavy atom. The zero-order chi connectivity index (χ0) is 19.8. The Balaban J connectivity index is 1.83. The normalized spacial score (nSPS) is 11.1. The van der Waals surface area contributed by atoms with Crippen molar-refractivity contribution >= 4 is 43.9 Å². The van der Waals surface area contributed by atoms with Crippen LogP contribution in [-0.2, 0) is 6.54 Å². The molecule has 0 unspecified atom stereocenters. The lowest BCUT2D eigenvalue weighted by molar-refractivity contribution is 0.103. The third-order valence-corrected chi connectivity index (χ3v) is 5.96. The minimum atomic E-state index is -0.253. The second kappa shape index (κ2) is 7.13. The van der Waals surface area contributed by atoms with Gasteiger partial charge in [0, 0.05) is 16.6 Å². The number of nitrogens with zero attached hydrogens (tertiary/aromatic N) is 1. The molecule has 1 N–H and O–H groups in total. The highest BCUT2D eigenvalue weighted by atomic mass is 32.1. The molecule has 0 saturated heterocycles. The van der Waals surface area contributed by atoms with Crippen molar-refractivity contribution in [2.45, 2.75) is 20.4 Å². The van der Waals surface area contributed by atoms with Gasteiger partial charge in [-0.05, 0) is 43.7 Å². The SMILES string of the molecule is CCn1c(=O)c2cc(C(=O)Nc3cc(C)ccc3OC)sc2c2ccccc21. The van der Waals surface area contributed by atoms with Gasteiger partial charge in [-0.1, -0.05) is 24.3 Å². The third kappa shape index (κ3) is 2.96. The maximum Gasteiger partial charge on any atom is 0.265 e. The highest BCUT2D eigenvalue weighted by Crippen LogP contribution is 2.32. The highest BCUT2D eigenvalue weighted by Gasteiger charge is 2.18. The van der Waals surface area contributed by atoms with Crippen molar-refractivity contribution in [3.8, 4) is 5.75 Å². The minimum absolute atomic E-state index is 0.0698. The van der Waals surface area contributed by atoms with Crippen LogP contribution in [0, 0.1) is 6.92 Å². The fraction of sp³-hybridized carbons (Fsp3) is 0.182. The number of nitrogens with one attached hydrogen (secondary N) is 1. The Morgan fingerprint density at radius 3 is 2.68 bits per heavy atom. The summed E-state index contributed by atoms with van der Waals surface area (Å²) in [5, 5.41) is 4.47. The summed E-state index contributed by atoms with van der Waals surface area (Å²) >= 11 is 1.34. The van der Waals surface area contributed by atoms with E-state index in [1.165, 1.54) is 11.3 Å². The molecule has 2 aromatic heterocycles. The number of thiophene rings is 1. The first-order valence-corrected chi connectivity index (χ1v) is 9.86. The molecular formula is C22H20N2O3S. The van der Waals surface area contributed by atoms with E-state index >= 15 is 0 Å². The van der Waals surface area contributed by atoms with Crippen molar-refractivity contribution in [3.63, 3.8) is 0 Å². The van der Waals surface area contributed by atoms with E-state index in [9.17, 15) is 9.59 Å². The van der Waals surface area contributed by atoms with Crippen molar-refractivity contribution < 1.29 is 9.53 Å². The molecule has 0 atom stereocenters. The summed E-state index contributed by atoms with van der Waals surface area (Å²) in [5.41, 5.74) is 2.45. The van der Waals surface area contributed by atoms with E-state index in [-0.39, 0.29) is 11.5 Å². The van der Waals surface area contributed by atoms with Gasteiger partial charge < -0.3 is 14.6 Å². The number of hydrogen-bond acceptors (Lipinski definition) is 4. The monoisotopic (exact) mass is 392 g/mol. The van der Waals surface area contributed by atoms with Gasteiger partial charge in [0.25, 0.3) is 11.5 Å². The Hall–Kier alpha value is -3.12. The van der Waals surface area contributed by atoms with Crippen molar-refractivity contribution in [1.29, 1.82) is 0 Å². The van der Waals surface area contributed by atoms with Crippen LogP contribution in [0.25, 0.3) is 21.0 Å². The lowest BCUT2D eigenvalue weighted by Crippen LogP contribution is -2.19. The van der Waals surface area contributed by atoms with E-state index < -0.39 is 0 Å². The largest absolute Gasteiger partial charge is 0.495 e. The summed E-state index contributed by atoms with van der Waals surface area (Å²) in [5.74, 6) is 0.343. The average molecular weight is 392 g/mol. The molecule has 5 nitrogen and oxygen atoms in total. The fourth-order valence-electron chi connectivity index (χ4n) is 3.44. The van der Waals surface area contributed by atoms with E-state index in [0.29, 0.717) is 28.2 Å². The van der Waals surface area contributed by atoms with Gasteiger partial charge in [0.05, 0.1) is 28.6 Å². The smallest absolute Gasteiger partial charge is 0.265 e. The maximum absolute atomic E-state index is 12.9. The maximum atomic E-state index is 12.9. The Labute approximate surface area is 166 Å². The van der Waals surface area contributed by atoms with Crippen LogP contribution in [0.2, 0.25) is 0 Å². The Morgan fingerprint density at radius 1 is 1.14 bits per heavy atom. The molecule has 0 aliphatic rings. The molecule has 2 heterocycles. The van der Waals surface area contributed by atoms with Crippen molar-refractivity contribution in [2.24, 2.45) is 0 Å². The molecule has 0 bridgehead atoms. The average Bonchev–Trinajstić information content (AvgIpc) is 3.15. The van der Waals surface area contributed by atoms with Gasteiger partial charge in [-0.15, -0.1) is 11.3 Å². The van der Waals surface area contributed by atoms with Crippen molar-refractivity contribution in [3.05, 3.63) is 69.3 Å². The molecule has 0 saturated carbocycles. The summed E-state index contributed by atoms with van der Waals surface area (Å²) < 4.78 is 7.92. The summed E-state index contributed by atoms with van der Waals surface area (Å²) in [6, 6.07) is 15.1. The van der Waals surface area contributed by atoms with Gasteiger partial charge in [0.15, 0.2) is 0 Å². The second-order valence-corrected chi connectivity index (χ2v) is 7.63. The standard InChI is InChI=1S/C22H20N2O3S/c1-4-24-17-8-6-5-7-14(17)20-15(22(24)26)12-19(28-20)21(25)23-16-11-13(2)9-10-18(16)27-3/h5-12H,4H2,1-3H3,(H,23,25). The molecular weight excluding hydrogens is 372 g/mol. The minimum Gasteiger partial charge on any atom is -0.495 e. The summed E-state index contributed by atoms with van der Waals surface area (Å²) in [6.45, 7) is 4.48. The molecule has 6 heteroatoms. The third-order valence-electron chi connectivity index (χ3n) is 4.79. The summed E-state index contributed by atoms with van der Waals surface area (Å²) in [6.07, 6.45) is 0. The molecule has 4 rings (SSSR count).